The number of sulfone groups is 2. The number of carboxylic acid groups (broad SMARTS) is 2. The topological polar surface area (TPSA) is 161 Å². The number of aromatic carboxylic acids is 2. The number of hydrogen-bond donors (Lipinski definition) is 2. The van der Waals surface area contributed by atoms with Gasteiger partial charge in [-0.25, -0.2) is 26.4 Å². The molecular weight excluding hydrogens is 657 g/mol. The SMILES string of the molecule is O=C(O)c1ccc(Oc2ccc(S(=O)(=O)c3ccc4cc(S(=O)(=O)c5ccc(Oc6ccc(C(=O)O)cc6)cc5)ccc4c3)cc2)cc1. The molecule has 6 rings (SSSR count). The van der Waals surface area contributed by atoms with Gasteiger partial charge in [0.25, 0.3) is 0 Å². The van der Waals surface area contributed by atoms with Crippen LogP contribution in [0.25, 0.3) is 10.8 Å². The highest BCUT2D eigenvalue weighted by Crippen LogP contribution is 2.31. The Labute approximate surface area is 274 Å². The van der Waals surface area contributed by atoms with Gasteiger partial charge in [-0.1, -0.05) is 12.1 Å². The lowest BCUT2D eigenvalue weighted by molar-refractivity contribution is 0.0686. The molecule has 0 heterocycles. The molecule has 10 nitrogen and oxygen atoms in total. The first-order valence-electron chi connectivity index (χ1n) is 14.2. The second-order valence-corrected chi connectivity index (χ2v) is 14.4. The van der Waals surface area contributed by atoms with Crippen molar-refractivity contribution in [2.24, 2.45) is 0 Å². The maximum atomic E-state index is 13.4. The molecule has 2 N–H and O–H groups in total. The van der Waals surface area contributed by atoms with Crippen molar-refractivity contribution in [3.05, 3.63) is 145 Å². The Bertz CT molecular complexity index is 2210. The van der Waals surface area contributed by atoms with Crippen LogP contribution in [0.1, 0.15) is 20.7 Å². The van der Waals surface area contributed by atoms with Gasteiger partial charge < -0.3 is 19.7 Å². The average molecular weight is 681 g/mol. The quantitative estimate of drug-likeness (QED) is 0.148. The van der Waals surface area contributed by atoms with Crippen LogP contribution >= 0.6 is 0 Å². The van der Waals surface area contributed by atoms with Crippen molar-refractivity contribution in [1.29, 1.82) is 0 Å². The van der Waals surface area contributed by atoms with Crippen LogP contribution in [0, 0.1) is 0 Å². The Morgan fingerprint density at radius 3 is 0.958 bits per heavy atom. The zero-order valence-electron chi connectivity index (χ0n) is 24.7. The van der Waals surface area contributed by atoms with Gasteiger partial charge in [-0.2, -0.15) is 0 Å². The third kappa shape index (κ3) is 6.61. The van der Waals surface area contributed by atoms with Crippen LogP contribution in [0.2, 0.25) is 0 Å². The first-order valence-corrected chi connectivity index (χ1v) is 17.1. The van der Waals surface area contributed by atoms with Crippen molar-refractivity contribution in [1.82, 2.24) is 0 Å². The highest BCUT2D eigenvalue weighted by Gasteiger charge is 2.21. The van der Waals surface area contributed by atoms with E-state index in [4.69, 9.17) is 19.7 Å². The summed E-state index contributed by atoms with van der Waals surface area (Å²) in [6.07, 6.45) is 0. The number of rotatable bonds is 10. The summed E-state index contributed by atoms with van der Waals surface area (Å²) in [6.45, 7) is 0. The van der Waals surface area contributed by atoms with Crippen LogP contribution < -0.4 is 9.47 Å². The molecule has 0 saturated heterocycles. The van der Waals surface area contributed by atoms with E-state index in [9.17, 15) is 26.4 Å². The summed E-state index contributed by atoms with van der Waals surface area (Å²) in [7, 11) is -7.85. The molecular formula is C36H24O10S2. The van der Waals surface area contributed by atoms with Crippen molar-refractivity contribution in [3.63, 3.8) is 0 Å². The van der Waals surface area contributed by atoms with Crippen molar-refractivity contribution < 1.29 is 46.1 Å². The van der Waals surface area contributed by atoms with Crippen LogP contribution in [0.15, 0.2) is 153 Å². The zero-order chi connectivity index (χ0) is 34.1. The third-order valence-electron chi connectivity index (χ3n) is 7.35. The Morgan fingerprint density at radius 2 is 0.667 bits per heavy atom. The summed E-state index contributed by atoms with van der Waals surface area (Å²) >= 11 is 0. The van der Waals surface area contributed by atoms with Gasteiger partial charge in [0.2, 0.25) is 19.7 Å². The Hall–Kier alpha value is -5.98. The molecule has 0 bridgehead atoms. The molecule has 0 aliphatic rings. The highest BCUT2D eigenvalue weighted by atomic mass is 32.2. The Kier molecular flexibility index (Phi) is 8.44. The smallest absolute Gasteiger partial charge is 0.335 e. The summed E-state index contributed by atoms with van der Waals surface area (Å²) in [5, 5.41) is 19.1. The summed E-state index contributed by atoms with van der Waals surface area (Å²) in [5.41, 5.74) is 0.221. The molecule has 240 valence electrons. The predicted octanol–water partition coefficient (Wildman–Crippen LogP) is 7.49. The van der Waals surface area contributed by atoms with Crippen LogP contribution in [-0.4, -0.2) is 39.0 Å². The van der Waals surface area contributed by atoms with Crippen LogP contribution in [0.3, 0.4) is 0 Å². The zero-order valence-corrected chi connectivity index (χ0v) is 26.3. The number of carboxylic acids is 2. The Morgan fingerprint density at radius 1 is 0.396 bits per heavy atom. The molecule has 0 aliphatic heterocycles. The second kappa shape index (κ2) is 12.7. The van der Waals surface area contributed by atoms with E-state index in [1.54, 1.807) is 12.1 Å². The number of carbonyl (C=O) groups is 2. The van der Waals surface area contributed by atoms with Crippen molar-refractivity contribution in [2.45, 2.75) is 19.6 Å². The first kappa shape index (κ1) is 32.0. The van der Waals surface area contributed by atoms with Gasteiger partial charge >= 0.3 is 11.9 Å². The Balaban J connectivity index is 1.17. The molecule has 6 aromatic rings. The second-order valence-electron chi connectivity index (χ2n) is 10.5. The number of benzene rings is 6. The van der Waals surface area contributed by atoms with E-state index in [0.717, 1.165) is 0 Å². The molecule has 48 heavy (non-hydrogen) atoms. The lowest BCUT2D eigenvalue weighted by Gasteiger charge is -2.10. The molecule has 0 aromatic heterocycles. The van der Waals surface area contributed by atoms with Gasteiger partial charge in [-0.15, -0.1) is 0 Å². The lowest BCUT2D eigenvalue weighted by Crippen LogP contribution is -2.03. The minimum absolute atomic E-state index is 0.0247. The van der Waals surface area contributed by atoms with Gasteiger partial charge in [0, 0.05) is 0 Å². The summed E-state index contributed by atoms with van der Waals surface area (Å²) < 4.78 is 65.1. The van der Waals surface area contributed by atoms with E-state index < -0.39 is 31.6 Å². The molecule has 0 unspecified atom stereocenters. The fourth-order valence-electron chi connectivity index (χ4n) is 4.79. The highest BCUT2D eigenvalue weighted by molar-refractivity contribution is 7.91. The minimum atomic E-state index is -3.93. The molecule has 0 amide bonds. The molecule has 0 atom stereocenters. The standard InChI is InChI=1S/C36H24O10S2/c37-35(38)23-1-7-27(8-2-23)45-29-11-17-31(18-12-29)47(41,42)33-15-5-26-22-34(16-6-25(26)21-33)48(43,44)32-19-13-30(14-20-32)46-28-9-3-24(4-10-28)36(39)40/h1-22H,(H,37,38)(H,39,40). The van der Waals surface area contributed by atoms with E-state index in [-0.39, 0.29) is 30.7 Å². The third-order valence-corrected chi connectivity index (χ3v) is 10.9. The maximum Gasteiger partial charge on any atom is 0.335 e. The molecule has 0 aliphatic carbocycles. The van der Waals surface area contributed by atoms with Gasteiger partial charge in [0.15, 0.2) is 0 Å². The van der Waals surface area contributed by atoms with Crippen LogP contribution in [0.5, 0.6) is 23.0 Å². The molecule has 0 fully saturated rings. The minimum Gasteiger partial charge on any atom is -0.478 e. The summed E-state index contributed by atoms with van der Waals surface area (Å²) in [4.78, 5) is 22.2. The number of hydrogen-bond acceptors (Lipinski definition) is 8. The summed E-state index contributed by atoms with van der Waals surface area (Å²) in [6, 6.07) is 32.1. The van der Waals surface area contributed by atoms with Crippen LogP contribution in [-0.2, 0) is 19.7 Å². The molecule has 6 aromatic carbocycles. The molecule has 12 heteroatoms. The van der Waals surface area contributed by atoms with E-state index in [2.05, 4.69) is 0 Å². The van der Waals surface area contributed by atoms with Crippen LogP contribution in [0.4, 0.5) is 0 Å². The van der Waals surface area contributed by atoms with Crippen molar-refractivity contribution in [3.8, 4) is 23.0 Å². The van der Waals surface area contributed by atoms with E-state index in [0.29, 0.717) is 33.8 Å². The fourth-order valence-corrected chi connectivity index (χ4v) is 7.38. The van der Waals surface area contributed by atoms with Gasteiger partial charge in [0.1, 0.15) is 23.0 Å². The van der Waals surface area contributed by atoms with Gasteiger partial charge in [-0.05, 0) is 132 Å². The fraction of sp³-hybridized carbons (Fsp3) is 0. The monoisotopic (exact) mass is 680 g/mol. The van der Waals surface area contributed by atoms with Gasteiger partial charge in [-0.3, -0.25) is 0 Å². The van der Waals surface area contributed by atoms with Crippen molar-refractivity contribution in [2.75, 3.05) is 0 Å². The molecule has 0 spiro atoms. The first-order chi connectivity index (χ1) is 22.9. The molecule has 0 radical (unpaired) electrons. The predicted molar refractivity (Wildman–Crippen MR) is 175 cm³/mol. The van der Waals surface area contributed by atoms with E-state index >= 15 is 0 Å². The van der Waals surface area contributed by atoms with Gasteiger partial charge in [0.05, 0.1) is 30.7 Å². The normalized spacial score (nSPS) is 11.6. The van der Waals surface area contributed by atoms with E-state index in [1.165, 1.54) is 121 Å². The largest absolute Gasteiger partial charge is 0.478 e. The number of fused-ring (bicyclic) bond motifs is 1. The lowest BCUT2D eigenvalue weighted by atomic mass is 10.1. The number of ether oxygens (including phenoxy) is 2. The average Bonchev–Trinajstić information content (AvgIpc) is 3.08. The molecule has 0 saturated carbocycles. The summed E-state index contributed by atoms with van der Waals surface area (Å²) in [5.74, 6) is -0.624. The van der Waals surface area contributed by atoms with Crippen molar-refractivity contribution >= 4 is 42.4 Å². The maximum absolute atomic E-state index is 13.4. The van der Waals surface area contributed by atoms with E-state index in [1.807, 2.05) is 0 Å².